The molecule has 4 rings (SSSR count). The van der Waals surface area contributed by atoms with E-state index >= 15 is 0 Å². The monoisotopic (exact) mass is 378 g/mol. The van der Waals surface area contributed by atoms with Gasteiger partial charge in [0.15, 0.2) is 5.82 Å². The first-order valence-electron chi connectivity index (χ1n) is 8.78. The second-order valence-corrected chi connectivity index (χ2v) is 6.51. The predicted molar refractivity (Wildman–Crippen MR) is 100 cm³/mol. The first-order chi connectivity index (χ1) is 13.5. The van der Waals surface area contributed by atoms with Crippen molar-refractivity contribution in [3.63, 3.8) is 0 Å². The van der Waals surface area contributed by atoms with Crippen molar-refractivity contribution in [3.05, 3.63) is 53.9 Å². The van der Waals surface area contributed by atoms with Crippen molar-refractivity contribution < 1.29 is 14.7 Å². The van der Waals surface area contributed by atoms with Crippen LogP contribution >= 0.6 is 0 Å². The molecule has 4 N–H and O–H groups in total. The maximum absolute atomic E-state index is 11.9. The normalized spacial score (nSPS) is 14.2. The number of carbonyl (C=O) groups is 2. The number of amides is 1. The number of carboxylic acids is 1. The number of aliphatic carboxylic acids is 1. The lowest BCUT2D eigenvalue weighted by molar-refractivity contribution is -0.138. The van der Waals surface area contributed by atoms with Gasteiger partial charge in [-0.05, 0) is 24.1 Å². The molecule has 0 saturated carbocycles. The molecule has 3 heterocycles. The summed E-state index contributed by atoms with van der Waals surface area (Å²) >= 11 is 0. The fraction of sp³-hybridized carbons (Fsp3) is 0.211. The molecule has 1 aliphatic heterocycles. The number of rotatable bonds is 5. The number of nitrogens with one attached hydrogen (secondary N) is 1. The fourth-order valence-electron chi connectivity index (χ4n) is 3.03. The molecular weight excluding hydrogens is 360 g/mol. The Morgan fingerprint density at radius 1 is 1.25 bits per heavy atom. The Labute approximate surface area is 160 Å². The number of carbonyl (C=O) groups excluding carboxylic acids is 1. The van der Waals surface area contributed by atoms with E-state index in [4.69, 9.17) is 10.8 Å². The summed E-state index contributed by atoms with van der Waals surface area (Å²) in [4.78, 5) is 31.7. The number of benzene rings is 1. The average molecular weight is 378 g/mol. The zero-order valence-electron chi connectivity index (χ0n) is 14.9. The van der Waals surface area contributed by atoms with Crippen molar-refractivity contribution in [2.75, 3.05) is 6.54 Å². The second kappa shape index (κ2) is 7.20. The van der Waals surface area contributed by atoms with Gasteiger partial charge in [-0.1, -0.05) is 24.3 Å². The number of hydrogen-bond acceptors (Lipinski definition) is 6. The minimum atomic E-state index is -1.03. The number of aromatic nitrogens is 4. The third kappa shape index (κ3) is 3.47. The SMILES string of the molecule is N[C@@H](Cc1ccc(-c2nccc(-c3cc4n(n3)CCNC4=O)n2)cc1)C(=O)O. The lowest BCUT2D eigenvalue weighted by atomic mass is 10.0. The first kappa shape index (κ1) is 17.8. The third-order valence-electron chi connectivity index (χ3n) is 4.52. The standard InChI is InChI=1S/C19H18N6O3/c20-13(19(27)28)9-11-1-3-12(4-2-11)17-21-6-5-14(23-17)15-10-16-18(26)22-7-8-25(16)24-15/h1-6,10,13H,7-9,20H2,(H,22,26)(H,27,28)/t13-/m0/s1. The van der Waals surface area contributed by atoms with Gasteiger partial charge in [0.05, 0.1) is 12.2 Å². The maximum Gasteiger partial charge on any atom is 0.320 e. The number of fused-ring (bicyclic) bond motifs is 1. The highest BCUT2D eigenvalue weighted by Gasteiger charge is 2.20. The topological polar surface area (TPSA) is 136 Å². The molecule has 0 spiro atoms. The van der Waals surface area contributed by atoms with Crippen LogP contribution in [-0.2, 0) is 17.8 Å². The van der Waals surface area contributed by atoms with Crippen molar-refractivity contribution in [2.24, 2.45) is 5.73 Å². The van der Waals surface area contributed by atoms with Gasteiger partial charge in [-0.15, -0.1) is 0 Å². The summed E-state index contributed by atoms with van der Waals surface area (Å²) in [7, 11) is 0. The highest BCUT2D eigenvalue weighted by Crippen LogP contribution is 2.22. The van der Waals surface area contributed by atoms with E-state index in [1.807, 2.05) is 24.3 Å². The molecule has 28 heavy (non-hydrogen) atoms. The fourth-order valence-corrected chi connectivity index (χ4v) is 3.03. The summed E-state index contributed by atoms with van der Waals surface area (Å²) in [6.07, 6.45) is 1.89. The zero-order valence-corrected chi connectivity index (χ0v) is 14.9. The van der Waals surface area contributed by atoms with E-state index in [1.165, 1.54) is 0 Å². The van der Waals surface area contributed by atoms with E-state index in [0.717, 1.165) is 11.1 Å². The molecule has 1 aliphatic rings. The molecule has 1 atom stereocenters. The van der Waals surface area contributed by atoms with Crippen LogP contribution in [0.5, 0.6) is 0 Å². The summed E-state index contributed by atoms with van der Waals surface area (Å²) in [6, 6.07) is 9.81. The number of nitrogens with zero attached hydrogens (tertiary/aromatic N) is 4. The highest BCUT2D eigenvalue weighted by atomic mass is 16.4. The zero-order chi connectivity index (χ0) is 19.7. The van der Waals surface area contributed by atoms with Crippen LogP contribution in [0.1, 0.15) is 16.1 Å². The van der Waals surface area contributed by atoms with E-state index in [2.05, 4.69) is 20.4 Å². The van der Waals surface area contributed by atoms with Gasteiger partial charge >= 0.3 is 5.97 Å². The van der Waals surface area contributed by atoms with Crippen LogP contribution in [0.4, 0.5) is 0 Å². The summed E-state index contributed by atoms with van der Waals surface area (Å²) in [5.74, 6) is -0.659. The van der Waals surface area contributed by atoms with Gasteiger partial charge in [0.1, 0.15) is 17.4 Å². The van der Waals surface area contributed by atoms with Crippen LogP contribution in [0, 0.1) is 0 Å². The molecule has 0 bridgehead atoms. The Balaban J connectivity index is 1.59. The minimum absolute atomic E-state index is 0.144. The van der Waals surface area contributed by atoms with Gasteiger partial charge in [0, 0.05) is 18.3 Å². The van der Waals surface area contributed by atoms with Gasteiger partial charge in [-0.3, -0.25) is 14.3 Å². The van der Waals surface area contributed by atoms with Crippen molar-refractivity contribution in [1.82, 2.24) is 25.1 Å². The van der Waals surface area contributed by atoms with Crippen LogP contribution in [-0.4, -0.2) is 49.3 Å². The Morgan fingerprint density at radius 2 is 2.04 bits per heavy atom. The van der Waals surface area contributed by atoms with Gasteiger partial charge in [0.25, 0.3) is 5.91 Å². The first-order valence-corrected chi connectivity index (χ1v) is 8.78. The third-order valence-corrected chi connectivity index (χ3v) is 4.52. The lowest BCUT2D eigenvalue weighted by Crippen LogP contribution is -2.35. The molecule has 9 nitrogen and oxygen atoms in total. The van der Waals surface area contributed by atoms with Gasteiger partial charge < -0.3 is 16.2 Å². The lowest BCUT2D eigenvalue weighted by Gasteiger charge is -2.13. The van der Waals surface area contributed by atoms with E-state index in [-0.39, 0.29) is 12.3 Å². The van der Waals surface area contributed by atoms with E-state index in [1.54, 1.807) is 23.0 Å². The van der Waals surface area contributed by atoms with Crippen LogP contribution in [0.2, 0.25) is 0 Å². The second-order valence-electron chi connectivity index (χ2n) is 6.51. The van der Waals surface area contributed by atoms with Gasteiger partial charge in [0.2, 0.25) is 0 Å². The molecule has 2 aromatic heterocycles. The van der Waals surface area contributed by atoms with Crippen molar-refractivity contribution >= 4 is 11.9 Å². The Hall–Kier alpha value is -3.59. The molecule has 0 unspecified atom stereocenters. The quantitative estimate of drug-likeness (QED) is 0.594. The van der Waals surface area contributed by atoms with E-state index in [0.29, 0.717) is 36.0 Å². The molecule has 1 aromatic carbocycles. The average Bonchev–Trinajstić information content (AvgIpc) is 3.14. The summed E-state index contributed by atoms with van der Waals surface area (Å²) in [5, 5.41) is 16.2. The molecular formula is C19H18N6O3. The molecule has 142 valence electrons. The highest BCUT2D eigenvalue weighted by molar-refractivity contribution is 5.94. The predicted octanol–water partition coefficient (Wildman–Crippen LogP) is 0.705. The van der Waals surface area contributed by atoms with Crippen molar-refractivity contribution in [2.45, 2.75) is 19.0 Å². The van der Waals surface area contributed by atoms with Crippen LogP contribution in [0.25, 0.3) is 22.8 Å². The number of carboxylic acid groups (broad SMARTS) is 1. The largest absolute Gasteiger partial charge is 0.480 e. The molecule has 1 amide bonds. The van der Waals surface area contributed by atoms with Gasteiger partial charge in [-0.25, -0.2) is 9.97 Å². The molecule has 3 aromatic rings. The Kier molecular flexibility index (Phi) is 4.58. The van der Waals surface area contributed by atoms with Crippen molar-refractivity contribution in [3.8, 4) is 22.8 Å². The van der Waals surface area contributed by atoms with Crippen LogP contribution in [0.3, 0.4) is 0 Å². The summed E-state index contributed by atoms with van der Waals surface area (Å²) in [6.45, 7) is 1.18. The van der Waals surface area contributed by atoms with E-state index < -0.39 is 12.0 Å². The van der Waals surface area contributed by atoms with Crippen molar-refractivity contribution in [1.29, 1.82) is 0 Å². The maximum atomic E-state index is 11.9. The molecule has 9 heteroatoms. The molecule has 0 saturated heterocycles. The Bertz CT molecular complexity index is 1040. The number of nitrogens with two attached hydrogens (primary N) is 1. The van der Waals surface area contributed by atoms with Crippen LogP contribution in [0.15, 0.2) is 42.6 Å². The molecule has 0 aliphatic carbocycles. The van der Waals surface area contributed by atoms with Crippen LogP contribution < -0.4 is 11.1 Å². The summed E-state index contributed by atoms with van der Waals surface area (Å²) < 4.78 is 1.68. The molecule has 0 fully saturated rings. The summed E-state index contributed by atoms with van der Waals surface area (Å²) in [5.41, 5.74) is 8.93. The molecule has 0 radical (unpaired) electrons. The Morgan fingerprint density at radius 3 is 2.75 bits per heavy atom. The number of hydrogen-bond donors (Lipinski definition) is 3. The van der Waals surface area contributed by atoms with E-state index in [9.17, 15) is 9.59 Å². The van der Waals surface area contributed by atoms with Gasteiger partial charge in [-0.2, -0.15) is 5.10 Å². The smallest absolute Gasteiger partial charge is 0.320 e. The minimum Gasteiger partial charge on any atom is -0.480 e.